The molecule has 2 N–H and O–H groups in total. The van der Waals surface area contributed by atoms with Gasteiger partial charge in [0.25, 0.3) is 0 Å². The number of hydrogen-bond acceptors (Lipinski definition) is 4. The van der Waals surface area contributed by atoms with Crippen molar-refractivity contribution in [2.45, 2.75) is 19.4 Å². The lowest BCUT2D eigenvalue weighted by atomic mass is 9.89. The molecular formula is C19H22NO4+. The molecule has 0 unspecified atom stereocenters. The maximum Gasteiger partial charge on any atom is 0.231 e. The lowest BCUT2D eigenvalue weighted by molar-refractivity contribution is -0.690. The second-order valence-corrected chi connectivity index (χ2v) is 6.00. The van der Waals surface area contributed by atoms with E-state index in [2.05, 4.69) is 29.6 Å². The predicted molar refractivity (Wildman–Crippen MR) is 89.1 cm³/mol. The van der Waals surface area contributed by atoms with Gasteiger partial charge in [-0.15, -0.1) is 0 Å². The Hall–Kier alpha value is -2.40. The number of nitrogens with two attached hydrogens (primary N) is 1. The molecule has 0 saturated carbocycles. The molecule has 2 aliphatic rings. The summed E-state index contributed by atoms with van der Waals surface area (Å²) in [4.78, 5) is 0. The van der Waals surface area contributed by atoms with Crippen LogP contribution >= 0.6 is 0 Å². The van der Waals surface area contributed by atoms with Crippen LogP contribution in [0.4, 0.5) is 0 Å². The third-order valence-electron chi connectivity index (χ3n) is 4.63. The summed E-state index contributed by atoms with van der Waals surface area (Å²) in [5.41, 5.74) is 3.82. The van der Waals surface area contributed by atoms with Crippen LogP contribution in [0.3, 0.4) is 0 Å². The van der Waals surface area contributed by atoms with E-state index in [9.17, 15) is 0 Å². The summed E-state index contributed by atoms with van der Waals surface area (Å²) >= 11 is 0. The fraction of sp³-hybridized carbons (Fsp3) is 0.368. The lowest BCUT2D eigenvalue weighted by Gasteiger charge is -2.26. The normalized spacial score (nSPS) is 18.2. The Morgan fingerprint density at radius 3 is 2.83 bits per heavy atom. The third-order valence-corrected chi connectivity index (χ3v) is 4.63. The van der Waals surface area contributed by atoms with E-state index in [1.165, 1.54) is 16.7 Å². The van der Waals surface area contributed by atoms with Gasteiger partial charge in [0.2, 0.25) is 6.79 Å². The molecule has 24 heavy (non-hydrogen) atoms. The second-order valence-electron chi connectivity index (χ2n) is 6.00. The minimum absolute atomic E-state index is 0.229. The van der Waals surface area contributed by atoms with E-state index in [0.29, 0.717) is 13.4 Å². The number of fused-ring (bicyclic) bond motifs is 2. The van der Waals surface area contributed by atoms with E-state index in [4.69, 9.17) is 18.9 Å². The zero-order valence-corrected chi connectivity index (χ0v) is 14.0. The van der Waals surface area contributed by atoms with Crippen molar-refractivity contribution in [3.8, 4) is 23.0 Å². The maximum absolute atomic E-state index is 5.72. The molecule has 5 heteroatoms. The first kappa shape index (κ1) is 15.1. The van der Waals surface area contributed by atoms with Gasteiger partial charge in [0.05, 0.1) is 20.3 Å². The van der Waals surface area contributed by atoms with Gasteiger partial charge in [-0.05, 0) is 42.8 Å². The van der Waals surface area contributed by atoms with Crippen LogP contribution in [0.5, 0.6) is 23.0 Å². The van der Waals surface area contributed by atoms with Crippen molar-refractivity contribution in [3.63, 3.8) is 0 Å². The molecule has 4 rings (SSSR count). The van der Waals surface area contributed by atoms with Crippen LogP contribution in [0, 0.1) is 0 Å². The van der Waals surface area contributed by atoms with Crippen LogP contribution in [0.15, 0.2) is 30.3 Å². The number of methoxy groups -OCH3 is 1. The van der Waals surface area contributed by atoms with Gasteiger partial charge in [-0.3, -0.25) is 0 Å². The molecule has 2 heterocycles. The highest BCUT2D eigenvalue weighted by atomic mass is 16.7. The Morgan fingerprint density at radius 1 is 1.12 bits per heavy atom. The highest BCUT2D eigenvalue weighted by Gasteiger charge is 2.28. The van der Waals surface area contributed by atoms with E-state index in [1.54, 1.807) is 7.11 Å². The SMILES string of the molecule is CCOc1cc2c(cc1OC)[C@@H](c1ccc3c(c1)OCO3)[NH2+]CC2. The average Bonchev–Trinajstić information content (AvgIpc) is 3.08. The van der Waals surface area contributed by atoms with E-state index < -0.39 is 0 Å². The van der Waals surface area contributed by atoms with Crippen LogP contribution in [0.25, 0.3) is 0 Å². The minimum atomic E-state index is 0.229. The largest absolute Gasteiger partial charge is 0.493 e. The predicted octanol–water partition coefficient (Wildman–Crippen LogP) is 2.03. The van der Waals surface area contributed by atoms with Crippen molar-refractivity contribution in [2.24, 2.45) is 0 Å². The molecule has 0 saturated heterocycles. The Balaban J connectivity index is 1.75. The third kappa shape index (κ3) is 2.55. The van der Waals surface area contributed by atoms with Crippen LogP contribution in [0.2, 0.25) is 0 Å². The van der Waals surface area contributed by atoms with E-state index in [-0.39, 0.29) is 6.04 Å². The summed E-state index contributed by atoms with van der Waals surface area (Å²) in [6, 6.07) is 10.7. The fourth-order valence-electron chi connectivity index (χ4n) is 3.51. The number of hydrogen-bond donors (Lipinski definition) is 1. The summed E-state index contributed by atoms with van der Waals surface area (Å²) in [5.74, 6) is 3.26. The molecular weight excluding hydrogens is 306 g/mol. The standard InChI is InChI=1S/C19H21NO4/c1-3-22-18-8-12-6-7-20-19(14(12)10-16(18)21-2)13-4-5-15-17(9-13)24-11-23-15/h4-5,8-10,19-20H,3,6-7,11H2,1-2H3/p+1/t19-/m1/s1. The molecule has 2 aromatic carbocycles. The summed E-state index contributed by atoms with van der Waals surface area (Å²) in [6.07, 6.45) is 1.03. The zero-order chi connectivity index (χ0) is 16.5. The highest BCUT2D eigenvalue weighted by molar-refractivity contribution is 5.52. The highest BCUT2D eigenvalue weighted by Crippen LogP contribution is 2.38. The Morgan fingerprint density at radius 2 is 2.00 bits per heavy atom. The van der Waals surface area contributed by atoms with Crippen molar-refractivity contribution in [3.05, 3.63) is 47.0 Å². The molecule has 0 aromatic heterocycles. The summed E-state index contributed by atoms with van der Waals surface area (Å²) < 4.78 is 22.2. The van der Waals surface area contributed by atoms with Crippen molar-refractivity contribution >= 4 is 0 Å². The first-order chi connectivity index (χ1) is 11.8. The minimum Gasteiger partial charge on any atom is -0.493 e. The number of ether oxygens (including phenoxy) is 4. The van der Waals surface area contributed by atoms with Crippen LogP contribution < -0.4 is 24.3 Å². The topological polar surface area (TPSA) is 53.5 Å². The van der Waals surface area contributed by atoms with Gasteiger partial charge < -0.3 is 24.3 Å². The summed E-state index contributed by atoms with van der Waals surface area (Å²) in [5, 5.41) is 2.36. The Kier molecular flexibility index (Phi) is 3.94. The maximum atomic E-state index is 5.72. The van der Waals surface area contributed by atoms with Crippen molar-refractivity contribution in [1.29, 1.82) is 0 Å². The van der Waals surface area contributed by atoms with Gasteiger partial charge in [0, 0.05) is 17.5 Å². The molecule has 2 aliphatic heterocycles. The quantitative estimate of drug-likeness (QED) is 0.933. The van der Waals surface area contributed by atoms with Crippen LogP contribution in [0.1, 0.15) is 29.7 Å². The first-order valence-corrected chi connectivity index (χ1v) is 8.36. The number of rotatable bonds is 4. The molecule has 0 aliphatic carbocycles. The zero-order valence-electron chi connectivity index (χ0n) is 14.0. The molecule has 2 aromatic rings. The molecule has 126 valence electrons. The molecule has 0 amide bonds. The molecule has 0 fully saturated rings. The van der Waals surface area contributed by atoms with Crippen LogP contribution in [-0.4, -0.2) is 27.1 Å². The Bertz CT molecular complexity index is 759. The average molecular weight is 328 g/mol. The first-order valence-electron chi connectivity index (χ1n) is 8.36. The lowest BCUT2D eigenvalue weighted by Crippen LogP contribution is -2.87. The van der Waals surface area contributed by atoms with Gasteiger partial charge in [-0.25, -0.2) is 0 Å². The van der Waals surface area contributed by atoms with Crippen molar-refractivity contribution in [1.82, 2.24) is 0 Å². The van der Waals surface area contributed by atoms with E-state index in [1.807, 2.05) is 13.0 Å². The number of quaternary nitrogens is 1. The molecule has 0 bridgehead atoms. The Labute approximate surface area is 141 Å². The van der Waals surface area contributed by atoms with Gasteiger partial charge in [-0.2, -0.15) is 0 Å². The smallest absolute Gasteiger partial charge is 0.231 e. The molecule has 0 spiro atoms. The van der Waals surface area contributed by atoms with E-state index >= 15 is 0 Å². The monoisotopic (exact) mass is 328 g/mol. The molecule has 1 atom stereocenters. The van der Waals surface area contributed by atoms with Gasteiger partial charge in [0.1, 0.15) is 6.04 Å². The molecule has 5 nitrogen and oxygen atoms in total. The summed E-state index contributed by atoms with van der Waals surface area (Å²) in [6.45, 7) is 3.97. The van der Waals surface area contributed by atoms with Gasteiger partial charge in [-0.1, -0.05) is 0 Å². The second kappa shape index (κ2) is 6.24. The summed E-state index contributed by atoms with van der Waals surface area (Å²) in [7, 11) is 1.69. The number of benzene rings is 2. The van der Waals surface area contributed by atoms with E-state index in [0.717, 1.165) is 36.0 Å². The van der Waals surface area contributed by atoms with Crippen LogP contribution in [-0.2, 0) is 6.42 Å². The van der Waals surface area contributed by atoms with Crippen molar-refractivity contribution < 1.29 is 24.3 Å². The fourth-order valence-corrected chi connectivity index (χ4v) is 3.51. The van der Waals surface area contributed by atoms with Crippen molar-refractivity contribution in [2.75, 3.05) is 27.1 Å². The van der Waals surface area contributed by atoms with Gasteiger partial charge in [0.15, 0.2) is 23.0 Å². The van der Waals surface area contributed by atoms with Gasteiger partial charge >= 0.3 is 0 Å². The molecule has 0 radical (unpaired) electrons.